The molecule has 5 heteroatoms. The quantitative estimate of drug-likeness (QED) is 0.709. The van der Waals surface area contributed by atoms with Gasteiger partial charge in [0.25, 0.3) is 0 Å². The van der Waals surface area contributed by atoms with Gasteiger partial charge in [0, 0.05) is 39.8 Å². The van der Waals surface area contributed by atoms with Gasteiger partial charge >= 0.3 is 0 Å². The molecule has 86 valence electrons. The molecule has 1 heterocycles. The summed E-state index contributed by atoms with van der Waals surface area (Å²) in [5.41, 5.74) is 0. The molecular weight excluding hydrogens is 204 g/mol. The summed E-state index contributed by atoms with van der Waals surface area (Å²) in [5, 5.41) is 9.49. The molecule has 0 aliphatic carbocycles. The van der Waals surface area contributed by atoms with Crippen LogP contribution in [0.2, 0.25) is 0 Å². The van der Waals surface area contributed by atoms with E-state index in [1.807, 2.05) is 0 Å². The van der Waals surface area contributed by atoms with E-state index in [9.17, 15) is 5.11 Å². The van der Waals surface area contributed by atoms with E-state index in [2.05, 4.69) is 16.8 Å². The SMILES string of the molecule is COCC(O)CN1CCN(C)CC1.Cl. The Balaban J connectivity index is 0.00000169. The van der Waals surface area contributed by atoms with E-state index in [1.54, 1.807) is 7.11 Å². The number of nitrogens with zero attached hydrogens (tertiary/aromatic N) is 2. The number of methoxy groups -OCH3 is 1. The van der Waals surface area contributed by atoms with Gasteiger partial charge in [-0.1, -0.05) is 0 Å². The molecule has 1 rings (SSSR count). The standard InChI is InChI=1S/C9H20N2O2.ClH/c1-10-3-5-11(6-4-10)7-9(12)8-13-2;/h9,12H,3-8H2,1-2H3;1H. The maximum absolute atomic E-state index is 9.49. The second kappa shape index (κ2) is 7.43. The number of likely N-dealkylation sites (N-methyl/N-ethyl adjacent to an activating group) is 1. The maximum Gasteiger partial charge on any atom is 0.0900 e. The minimum Gasteiger partial charge on any atom is -0.389 e. The Kier molecular flexibility index (Phi) is 7.49. The molecule has 1 N–H and O–H groups in total. The summed E-state index contributed by atoms with van der Waals surface area (Å²) in [7, 11) is 3.75. The highest BCUT2D eigenvalue weighted by Gasteiger charge is 2.16. The molecule has 1 aliphatic heterocycles. The summed E-state index contributed by atoms with van der Waals surface area (Å²) in [4.78, 5) is 4.59. The van der Waals surface area contributed by atoms with Crippen LogP contribution in [0, 0.1) is 0 Å². The van der Waals surface area contributed by atoms with Crippen LogP contribution in [0.5, 0.6) is 0 Å². The molecule has 0 aromatic heterocycles. The zero-order chi connectivity index (χ0) is 9.68. The van der Waals surface area contributed by atoms with Gasteiger partial charge in [-0.15, -0.1) is 12.4 Å². The van der Waals surface area contributed by atoms with Crippen LogP contribution < -0.4 is 0 Å². The Morgan fingerprint density at radius 3 is 2.36 bits per heavy atom. The Hall–Kier alpha value is 0.130. The third-order valence-electron chi connectivity index (χ3n) is 2.42. The minimum absolute atomic E-state index is 0. The van der Waals surface area contributed by atoms with Gasteiger partial charge < -0.3 is 14.7 Å². The number of hydrogen-bond acceptors (Lipinski definition) is 4. The molecule has 1 aliphatic rings. The number of aliphatic hydroxyl groups is 1. The van der Waals surface area contributed by atoms with Crippen molar-refractivity contribution in [1.29, 1.82) is 0 Å². The third kappa shape index (κ3) is 5.12. The number of ether oxygens (including phenoxy) is 1. The van der Waals surface area contributed by atoms with Gasteiger partial charge in [0.2, 0.25) is 0 Å². The fraction of sp³-hybridized carbons (Fsp3) is 1.00. The van der Waals surface area contributed by atoms with Crippen LogP contribution in [0.4, 0.5) is 0 Å². The Morgan fingerprint density at radius 2 is 1.86 bits per heavy atom. The minimum atomic E-state index is -0.339. The molecule has 0 aromatic carbocycles. The Bertz CT molecular complexity index is 141. The molecular formula is C9H21ClN2O2. The highest BCUT2D eigenvalue weighted by Crippen LogP contribution is 2.00. The summed E-state index contributed by atoms with van der Waals surface area (Å²) in [6, 6.07) is 0. The molecule has 0 radical (unpaired) electrons. The summed E-state index contributed by atoms with van der Waals surface area (Å²) in [5.74, 6) is 0. The van der Waals surface area contributed by atoms with Gasteiger partial charge in [-0.2, -0.15) is 0 Å². The predicted octanol–water partition coefficient (Wildman–Crippen LogP) is -0.337. The van der Waals surface area contributed by atoms with E-state index in [-0.39, 0.29) is 18.5 Å². The second-order valence-corrected chi connectivity index (χ2v) is 3.71. The third-order valence-corrected chi connectivity index (χ3v) is 2.42. The maximum atomic E-state index is 9.49. The lowest BCUT2D eigenvalue weighted by Gasteiger charge is -2.33. The normalized spacial score (nSPS) is 21.6. The lowest BCUT2D eigenvalue weighted by Crippen LogP contribution is -2.47. The van der Waals surface area contributed by atoms with Crippen LogP contribution in [-0.2, 0) is 4.74 Å². The van der Waals surface area contributed by atoms with Crippen molar-refractivity contribution in [3.8, 4) is 0 Å². The molecule has 0 aromatic rings. The van der Waals surface area contributed by atoms with Crippen LogP contribution >= 0.6 is 12.4 Å². The number of piperazine rings is 1. The van der Waals surface area contributed by atoms with Crippen molar-refractivity contribution >= 4 is 12.4 Å². The van der Waals surface area contributed by atoms with Gasteiger partial charge in [0.15, 0.2) is 0 Å². The predicted molar refractivity (Wildman–Crippen MR) is 59.1 cm³/mol. The van der Waals surface area contributed by atoms with E-state index < -0.39 is 0 Å². The summed E-state index contributed by atoms with van der Waals surface area (Å²) >= 11 is 0. The number of β-amino-alcohol motifs (C(OH)–C–C–N with tert-alkyl or cyclic N) is 1. The highest BCUT2D eigenvalue weighted by atomic mass is 35.5. The molecule has 1 unspecified atom stereocenters. The molecule has 0 amide bonds. The van der Waals surface area contributed by atoms with Crippen molar-refractivity contribution in [1.82, 2.24) is 9.80 Å². The van der Waals surface area contributed by atoms with E-state index in [0.29, 0.717) is 6.61 Å². The molecule has 0 bridgehead atoms. The van der Waals surface area contributed by atoms with Gasteiger partial charge in [-0.3, -0.25) is 4.90 Å². The first kappa shape index (κ1) is 14.1. The molecule has 14 heavy (non-hydrogen) atoms. The van der Waals surface area contributed by atoms with Crippen LogP contribution in [0.15, 0.2) is 0 Å². The second-order valence-electron chi connectivity index (χ2n) is 3.71. The molecule has 1 fully saturated rings. The van der Waals surface area contributed by atoms with Crippen molar-refractivity contribution in [3.63, 3.8) is 0 Å². The molecule has 0 spiro atoms. The Labute approximate surface area is 92.2 Å². The smallest absolute Gasteiger partial charge is 0.0900 e. The number of aliphatic hydroxyl groups excluding tert-OH is 1. The largest absolute Gasteiger partial charge is 0.389 e. The lowest BCUT2D eigenvalue weighted by molar-refractivity contribution is 0.0266. The van der Waals surface area contributed by atoms with Crippen molar-refractivity contribution in [3.05, 3.63) is 0 Å². The average molecular weight is 225 g/mol. The first-order chi connectivity index (χ1) is 6.22. The number of rotatable bonds is 4. The molecule has 1 saturated heterocycles. The van der Waals surface area contributed by atoms with Gasteiger partial charge in [0.05, 0.1) is 12.7 Å². The van der Waals surface area contributed by atoms with Crippen LogP contribution in [0.3, 0.4) is 0 Å². The molecule has 0 saturated carbocycles. The van der Waals surface area contributed by atoms with Crippen molar-refractivity contribution in [2.75, 3.05) is 53.5 Å². The van der Waals surface area contributed by atoms with Gasteiger partial charge in [-0.05, 0) is 7.05 Å². The van der Waals surface area contributed by atoms with Crippen molar-refractivity contribution in [2.24, 2.45) is 0 Å². The molecule has 4 nitrogen and oxygen atoms in total. The zero-order valence-corrected chi connectivity index (χ0v) is 9.79. The average Bonchev–Trinajstić information content (AvgIpc) is 2.09. The highest BCUT2D eigenvalue weighted by molar-refractivity contribution is 5.85. The lowest BCUT2D eigenvalue weighted by atomic mass is 10.3. The van der Waals surface area contributed by atoms with E-state index in [1.165, 1.54) is 0 Å². The van der Waals surface area contributed by atoms with Gasteiger partial charge in [-0.25, -0.2) is 0 Å². The zero-order valence-electron chi connectivity index (χ0n) is 8.98. The fourth-order valence-electron chi connectivity index (χ4n) is 1.57. The van der Waals surface area contributed by atoms with Crippen LogP contribution in [-0.4, -0.2) is 74.5 Å². The monoisotopic (exact) mass is 224 g/mol. The van der Waals surface area contributed by atoms with E-state index in [4.69, 9.17) is 4.74 Å². The van der Waals surface area contributed by atoms with E-state index in [0.717, 1.165) is 32.7 Å². The van der Waals surface area contributed by atoms with Crippen LogP contribution in [0.25, 0.3) is 0 Å². The number of hydrogen-bond donors (Lipinski definition) is 1. The first-order valence-electron chi connectivity index (χ1n) is 4.80. The van der Waals surface area contributed by atoms with Crippen molar-refractivity contribution < 1.29 is 9.84 Å². The van der Waals surface area contributed by atoms with Crippen LogP contribution in [0.1, 0.15) is 0 Å². The Morgan fingerprint density at radius 1 is 1.29 bits per heavy atom. The number of halogens is 1. The summed E-state index contributed by atoms with van der Waals surface area (Å²) in [6.45, 7) is 5.47. The molecule has 1 atom stereocenters. The first-order valence-corrected chi connectivity index (χ1v) is 4.80. The van der Waals surface area contributed by atoms with Gasteiger partial charge in [0.1, 0.15) is 0 Å². The topological polar surface area (TPSA) is 35.9 Å². The fourth-order valence-corrected chi connectivity index (χ4v) is 1.57. The van der Waals surface area contributed by atoms with Crippen molar-refractivity contribution in [2.45, 2.75) is 6.10 Å². The summed E-state index contributed by atoms with van der Waals surface area (Å²) < 4.78 is 4.88. The summed E-state index contributed by atoms with van der Waals surface area (Å²) in [6.07, 6.45) is -0.339. The van der Waals surface area contributed by atoms with E-state index >= 15 is 0 Å².